The second-order valence-corrected chi connectivity index (χ2v) is 7.51. The highest BCUT2D eigenvalue weighted by molar-refractivity contribution is 5.76. The summed E-state index contributed by atoms with van der Waals surface area (Å²) in [4.78, 5) is 11.7. The van der Waals surface area contributed by atoms with Gasteiger partial charge in [-0.2, -0.15) is 0 Å². The maximum atomic E-state index is 11.7. The molecule has 1 amide bonds. The van der Waals surface area contributed by atoms with Crippen LogP contribution < -0.4 is 5.32 Å². The highest BCUT2D eigenvalue weighted by Gasteiger charge is 2.19. The largest absolute Gasteiger partial charge is 0.371 e. The van der Waals surface area contributed by atoms with Crippen LogP contribution in [0, 0.1) is 0 Å². The lowest BCUT2D eigenvalue weighted by atomic mass is 10.1. The zero-order valence-corrected chi connectivity index (χ0v) is 17.1. The van der Waals surface area contributed by atoms with Crippen LogP contribution in [0.3, 0.4) is 0 Å². The highest BCUT2D eigenvalue weighted by atomic mass is 16.3. The molecule has 25 heavy (non-hydrogen) atoms. The zero-order valence-electron chi connectivity index (χ0n) is 17.1. The number of carbonyl (C=O) groups excluding carboxylic acids is 1. The summed E-state index contributed by atoms with van der Waals surface area (Å²) in [6, 6.07) is 0. The molecule has 0 radical (unpaired) electrons. The van der Waals surface area contributed by atoms with Gasteiger partial charge in [-0.1, -0.05) is 77.4 Å². The number of rotatable bonds is 17. The normalized spacial score (nSPS) is 13.9. The second kappa shape index (κ2) is 16.6. The van der Waals surface area contributed by atoms with Crippen molar-refractivity contribution in [1.82, 2.24) is 5.32 Å². The Bertz CT molecular complexity index is 337. The van der Waals surface area contributed by atoms with Gasteiger partial charge in [0.05, 0.1) is 0 Å². The van der Waals surface area contributed by atoms with Crippen LogP contribution in [-0.2, 0) is 4.79 Å². The van der Waals surface area contributed by atoms with Crippen molar-refractivity contribution in [2.45, 2.75) is 123 Å². The van der Waals surface area contributed by atoms with Crippen LogP contribution >= 0.6 is 0 Å². The standard InChI is InChI=1S/C22H43NO2/c1-4-6-7-8-9-10-11-12-13-14-15-16-17-18-19-20-21(24)23-22(3,25)5-2/h12-13,25H,4-11,14-20H2,1-3H3,(H,23,24)/b13-12-. The minimum absolute atomic E-state index is 0.0375. The third-order valence-corrected chi connectivity index (χ3v) is 4.76. The lowest BCUT2D eigenvalue weighted by Gasteiger charge is -2.22. The molecule has 0 aromatic heterocycles. The number of unbranched alkanes of at least 4 members (excludes halogenated alkanes) is 11. The fourth-order valence-electron chi connectivity index (χ4n) is 2.81. The molecule has 2 N–H and O–H groups in total. The predicted octanol–water partition coefficient (Wildman–Crippen LogP) is 6.26. The Hall–Kier alpha value is -0.830. The van der Waals surface area contributed by atoms with Crippen LogP contribution in [0.15, 0.2) is 12.2 Å². The Morgan fingerprint density at radius 2 is 1.32 bits per heavy atom. The van der Waals surface area contributed by atoms with Crippen LogP contribution in [0.1, 0.15) is 117 Å². The maximum absolute atomic E-state index is 11.7. The van der Waals surface area contributed by atoms with E-state index in [1.165, 1.54) is 70.6 Å². The topological polar surface area (TPSA) is 49.3 Å². The Labute approximate surface area is 156 Å². The van der Waals surface area contributed by atoms with Crippen LogP contribution in [-0.4, -0.2) is 16.7 Å². The molecule has 0 bridgehead atoms. The summed E-state index contributed by atoms with van der Waals surface area (Å²) in [7, 11) is 0. The van der Waals surface area contributed by atoms with Gasteiger partial charge in [-0.25, -0.2) is 0 Å². The fraction of sp³-hybridized carbons (Fsp3) is 0.864. The van der Waals surface area contributed by atoms with Crippen LogP contribution in [0.5, 0.6) is 0 Å². The Morgan fingerprint density at radius 3 is 1.84 bits per heavy atom. The molecular formula is C22H43NO2. The Balaban J connectivity index is 3.30. The first-order chi connectivity index (χ1) is 12.0. The molecule has 3 nitrogen and oxygen atoms in total. The number of aliphatic hydroxyl groups is 1. The average molecular weight is 354 g/mol. The number of carbonyl (C=O) groups is 1. The average Bonchev–Trinajstić information content (AvgIpc) is 2.58. The van der Waals surface area contributed by atoms with E-state index in [-0.39, 0.29) is 5.91 Å². The van der Waals surface area contributed by atoms with E-state index in [1.54, 1.807) is 6.92 Å². The third-order valence-electron chi connectivity index (χ3n) is 4.76. The zero-order chi connectivity index (χ0) is 18.8. The minimum atomic E-state index is -1.06. The van der Waals surface area contributed by atoms with Gasteiger partial charge in [0.15, 0.2) is 0 Å². The summed E-state index contributed by atoms with van der Waals surface area (Å²) in [6.07, 6.45) is 22.1. The van der Waals surface area contributed by atoms with Crippen LogP contribution in [0.25, 0.3) is 0 Å². The molecule has 0 aromatic carbocycles. The monoisotopic (exact) mass is 353 g/mol. The molecular weight excluding hydrogens is 310 g/mol. The molecule has 0 spiro atoms. The van der Waals surface area contributed by atoms with Gasteiger partial charge in [0.25, 0.3) is 0 Å². The maximum Gasteiger partial charge on any atom is 0.222 e. The third kappa shape index (κ3) is 17.8. The quantitative estimate of drug-likeness (QED) is 0.184. The summed E-state index contributed by atoms with van der Waals surface area (Å²) in [5, 5.41) is 12.4. The Morgan fingerprint density at radius 1 is 0.840 bits per heavy atom. The van der Waals surface area contributed by atoms with Crippen molar-refractivity contribution in [2.24, 2.45) is 0 Å². The van der Waals surface area contributed by atoms with Crippen molar-refractivity contribution >= 4 is 5.91 Å². The SMILES string of the molecule is CCCCCCCC/C=C\CCCCCCCC(=O)NC(C)(O)CC. The summed E-state index contributed by atoms with van der Waals surface area (Å²) in [5.74, 6) is -0.0375. The van der Waals surface area contributed by atoms with Gasteiger partial charge in [-0.05, 0) is 45.4 Å². The molecule has 0 saturated heterocycles. The lowest BCUT2D eigenvalue weighted by Crippen LogP contribution is -2.45. The molecule has 0 aromatic rings. The van der Waals surface area contributed by atoms with Crippen molar-refractivity contribution < 1.29 is 9.90 Å². The summed E-state index contributed by atoms with van der Waals surface area (Å²) in [6.45, 7) is 5.77. The number of hydrogen-bond donors (Lipinski definition) is 2. The summed E-state index contributed by atoms with van der Waals surface area (Å²) in [5.41, 5.74) is -1.06. The van der Waals surface area contributed by atoms with E-state index in [9.17, 15) is 9.90 Å². The van der Waals surface area contributed by atoms with E-state index in [0.29, 0.717) is 12.8 Å². The highest BCUT2D eigenvalue weighted by Crippen LogP contribution is 2.10. The molecule has 1 unspecified atom stereocenters. The summed E-state index contributed by atoms with van der Waals surface area (Å²) >= 11 is 0. The molecule has 0 aliphatic heterocycles. The molecule has 0 saturated carbocycles. The number of amides is 1. The lowest BCUT2D eigenvalue weighted by molar-refractivity contribution is -0.128. The van der Waals surface area contributed by atoms with Gasteiger partial charge in [0.2, 0.25) is 5.91 Å². The van der Waals surface area contributed by atoms with Crippen molar-refractivity contribution in [3.05, 3.63) is 12.2 Å². The van der Waals surface area contributed by atoms with E-state index >= 15 is 0 Å². The first kappa shape index (κ1) is 24.2. The summed E-state index contributed by atoms with van der Waals surface area (Å²) < 4.78 is 0. The van der Waals surface area contributed by atoms with E-state index < -0.39 is 5.72 Å². The molecule has 0 aliphatic carbocycles. The van der Waals surface area contributed by atoms with Crippen LogP contribution in [0.2, 0.25) is 0 Å². The van der Waals surface area contributed by atoms with Gasteiger partial charge in [0.1, 0.15) is 5.72 Å². The molecule has 3 heteroatoms. The second-order valence-electron chi connectivity index (χ2n) is 7.51. The van der Waals surface area contributed by atoms with E-state index in [4.69, 9.17) is 0 Å². The van der Waals surface area contributed by atoms with Crippen LogP contribution in [0.4, 0.5) is 0 Å². The van der Waals surface area contributed by atoms with E-state index in [1.807, 2.05) is 6.92 Å². The first-order valence-electron chi connectivity index (χ1n) is 10.7. The van der Waals surface area contributed by atoms with E-state index in [2.05, 4.69) is 24.4 Å². The molecule has 0 heterocycles. The fourth-order valence-corrected chi connectivity index (χ4v) is 2.81. The van der Waals surface area contributed by atoms with Crippen molar-refractivity contribution in [3.63, 3.8) is 0 Å². The van der Waals surface area contributed by atoms with Gasteiger partial charge in [-0.15, -0.1) is 0 Å². The van der Waals surface area contributed by atoms with Crippen molar-refractivity contribution in [2.75, 3.05) is 0 Å². The molecule has 0 aliphatic rings. The number of nitrogens with one attached hydrogen (secondary N) is 1. The van der Waals surface area contributed by atoms with E-state index in [0.717, 1.165) is 12.8 Å². The van der Waals surface area contributed by atoms with Gasteiger partial charge in [0, 0.05) is 6.42 Å². The predicted molar refractivity (Wildman–Crippen MR) is 109 cm³/mol. The number of allylic oxidation sites excluding steroid dienone is 2. The smallest absolute Gasteiger partial charge is 0.222 e. The Kier molecular flexibility index (Phi) is 16.1. The van der Waals surface area contributed by atoms with Gasteiger partial charge < -0.3 is 10.4 Å². The number of hydrogen-bond acceptors (Lipinski definition) is 2. The molecule has 0 rings (SSSR count). The van der Waals surface area contributed by atoms with Crippen molar-refractivity contribution in [3.8, 4) is 0 Å². The molecule has 1 atom stereocenters. The van der Waals surface area contributed by atoms with Gasteiger partial charge in [-0.3, -0.25) is 4.79 Å². The minimum Gasteiger partial charge on any atom is -0.371 e. The molecule has 148 valence electrons. The van der Waals surface area contributed by atoms with Gasteiger partial charge >= 0.3 is 0 Å². The first-order valence-corrected chi connectivity index (χ1v) is 10.7. The van der Waals surface area contributed by atoms with Crippen molar-refractivity contribution in [1.29, 1.82) is 0 Å². The molecule has 0 fully saturated rings.